The van der Waals surface area contributed by atoms with Crippen LogP contribution in [0.2, 0.25) is 0 Å². The lowest BCUT2D eigenvalue weighted by Gasteiger charge is -2.26. The van der Waals surface area contributed by atoms with Crippen molar-refractivity contribution < 1.29 is 8.81 Å². The zero-order valence-electron chi connectivity index (χ0n) is 33.9. The van der Waals surface area contributed by atoms with Crippen LogP contribution >= 0.6 is 0 Å². The monoisotopic (exact) mass is 812 g/mol. The van der Waals surface area contributed by atoms with E-state index in [9.17, 15) is 4.39 Å². The second kappa shape index (κ2) is 16.2. The number of hydrogen-bond donors (Lipinski definition) is 0. The molecule has 2 heterocycles. The van der Waals surface area contributed by atoms with Crippen LogP contribution in [0.1, 0.15) is 0 Å². The first-order valence-corrected chi connectivity index (χ1v) is 20.9. The van der Waals surface area contributed by atoms with Crippen LogP contribution < -0.4 is 4.90 Å². The van der Waals surface area contributed by atoms with Gasteiger partial charge in [-0.05, 0) is 94.0 Å². The molecule has 0 spiro atoms. The molecule has 6 heteroatoms. The van der Waals surface area contributed by atoms with Crippen molar-refractivity contribution in [2.24, 2.45) is 0 Å². The van der Waals surface area contributed by atoms with Gasteiger partial charge in [0.1, 0.15) is 17.0 Å². The molecule has 5 nitrogen and oxygen atoms in total. The van der Waals surface area contributed by atoms with Crippen LogP contribution in [-0.4, -0.2) is 15.0 Å². The van der Waals surface area contributed by atoms with Crippen LogP contribution in [-0.2, 0) is 0 Å². The Balaban J connectivity index is 1.07. The molecule has 0 aliphatic carbocycles. The van der Waals surface area contributed by atoms with E-state index in [0.717, 1.165) is 89.1 Å². The highest BCUT2D eigenvalue weighted by atomic mass is 19.1. The smallest absolute Gasteiger partial charge is 0.164 e. The first-order valence-electron chi connectivity index (χ1n) is 20.9. The van der Waals surface area contributed by atoms with Gasteiger partial charge < -0.3 is 9.32 Å². The quantitative estimate of drug-likeness (QED) is 0.145. The van der Waals surface area contributed by atoms with Crippen molar-refractivity contribution in [2.75, 3.05) is 4.90 Å². The van der Waals surface area contributed by atoms with Crippen LogP contribution in [0, 0.1) is 5.82 Å². The van der Waals surface area contributed by atoms with Crippen LogP contribution in [0.5, 0.6) is 0 Å². The Morgan fingerprint density at radius 3 is 1.44 bits per heavy atom. The van der Waals surface area contributed by atoms with Gasteiger partial charge in [-0.2, -0.15) is 0 Å². The highest BCUT2D eigenvalue weighted by molar-refractivity contribution is 6.13. The molecule has 0 fully saturated rings. The van der Waals surface area contributed by atoms with E-state index in [1.54, 1.807) is 0 Å². The van der Waals surface area contributed by atoms with E-state index >= 15 is 0 Å². The van der Waals surface area contributed by atoms with Crippen LogP contribution in [0.15, 0.2) is 229 Å². The Morgan fingerprint density at radius 2 is 0.794 bits per heavy atom. The van der Waals surface area contributed by atoms with E-state index < -0.39 is 0 Å². The van der Waals surface area contributed by atoms with Crippen molar-refractivity contribution in [1.82, 2.24) is 15.0 Å². The summed E-state index contributed by atoms with van der Waals surface area (Å²) in [7, 11) is 0. The summed E-state index contributed by atoms with van der Waals surface area (Å²) in [4.78, 5) is 17.6. The second-order valence-corrected chi connectivity index (χ2v) is 15.4. The lowest BCUT2D eigenvalue weighted by molar-refractivity contribution is 0.628. The van der Waals surface area contributed by atoms with E-state index in [2.05, 4.69) is 126 Å². The van der Waals surface area contributed by atoms with Gasteiger partial charge in [-0.1, -0.05) is 164 Å². The fourth-order valence-corrected chi connectivity index (χ4v) is 8.27. The van der Waals surface area contributed by atoms with Gasteiger partial charge in [0.05, 0.1) is 0 Å². The van der Waals surface area contributed by atoms with Crippen LogP contribution in [0.4, 0.5) is 21.5 Å². The predicted octanol–water partition coefficient (Wildman–Crippen LogP) is 15.4. The van der Waals surface area contributed by atoms with E-state index in [-0.39, 0.29) is 5.82 Å². The van der Waals surface area contributed by atoms with E-state index in [1.165, 1.54) is 12.1 Å². The zero-order chi connectivity index (χ0) is 42.1. The molecule has 0 saturated heterocycles. The molecule has 9 aromatic carbocycles. The maximum atomic E-state index is 14.0. The van der Waals surface area contributed by atoms with Gasteiger partial charge in [0.15, 0.2) is 17.5 Å². The fourth-order valence-electron chi connectivity index (χ4n) is 8.27. The number of halogens is 1. The summed E-state index contributed by atoms with van der Waals surface area (Å²) < 4.78 is 20.6. The van der Waals surface area contributed by atoms with Gasteiger partial charge in [0.25, 0.3) is 0 Å². The average Bonchev–Trinajstić information content (AvgIpc) is 3.74. The number of furan rings is 1. The van der Waals surface area contributed by atoms with Gasteiger partial charge in [-0.15, -0.1) is 0 Å². The molecule has 0 atom stereocenters. The van der Waals surface area contributed by atoms with Crippen molar-refractivity contribution in [3.8, 4) is 67.5 Å². The Kier molecular flexibility index (Phi) is 9.63. The third-order valence-electron chi connectivity index (χ3n) is 11.4. The highest BCUT2D eigenvalue weighted by Gasteiger charge is 2.21. The van der Waals surface area contributed by atoms with Crippen molar-refractivity contribution in [3.63, 3.8) is 0 Å². The molecule has 0 bridgehead atoms. The van der Waals surface area contributed by atoms with E-state index in [0.29, 0.717) is 17.5 Å². The Hall–Kier alpha value is -8.48. The Morgan fingerprint density at radius 1 is 0.333 bits per heavy atom. The average molecular weight is 813 g/mol. The first kappa shape index (κ1) is 37.5. The molecule has 298 valence electrons. The summed E-state index contributed by atoms with van der Waals surface area (Å²) in [6.07, 6.45) is 0. The summed E-state index contributed by atoms with van der Waals surface area (Å²) in [6, 6.07) is 75.0. The molecule has 63 heavy (non-hydrogen) atoms. The summed E-state index contributed by atoms with van der Waals surface area (Å²) in [5.74, 6) is 1.44. The van der Waals surface area contributed by atoms with Crippen molar-refractivity contribution in [3.05, 3.63) is 230 Å². The molecule has 0 aliphatic rings. The fraction of sp³-hybridized carbons (Fsp3) is 0. The highest BCUT2D eigenvalue weighted by Crippen LogP contribution is 2.42. The number of anilines is 3. The summed E-state index contributed by atoms with van der Waals surface area (Å²) in [6.45, 7) is 0. The van der Waals surface area contributed by atoms with Crippen LogP contribution in [0.3, 0.4) is 0 Å². The lowest BCUT2D eigenvalue weighted by Crippen LogP contribution is -2.10. The maximum Gasteiger partial charge on any atom is 0.164 e. The van der Waals surface area contributed by atoms with E-state index in [4.69, 9.17) is 19.4 Å². The first-order chi connectivity index (χ1) is 31.1. The molecule has 11 aromatic rings. The van der Waals surface area contributed by atoms with Gasteiger partial charge >= 0.3 is 0 Å². The molecule has 0 aliphatic heterocycles. The second-order valence-electron chi connectivity index (χ2n) is 15.4. The molecular weight excluding hydrogens is 776 g/mol. The molecule has 0 saturated carbocycles. The van der Waals surface area contributed by atoms with Crippen LogP contribution in [0.25, 0.3) is 89.5 Å². The molecule has 11 rings (SSSR count). The van der Waals surface area contributed by atoms with Crippen molar-refractivity contribution in [2.45, 2.75) is 0 Å². The molecular formula is C57H37FN4O. The topological polar surface area (TPSA) is 55.1 Å². The number of benzene rings is 9. The van der Waals surface area contributed by atoms with Gasteiger partial charge in [0.2, 0.25) is 0 Å². The summed E-state index contributed by atoms with van der Waals surface area (Å²) in [5.41, 5.74) is 13.4. The number of fused-ring (bicyclic) bond motifs is 3. The molecule has 0 amide bonds. The van der Waals surface area contributed by atoms with Crippen molar-refractivity contribution in [1.29, 1.82) is 0 Å². The zero-order valence-corrected chi connectivity index (χ0v) is 33.9. The summed E-state index contributed by atoms with van der Waals surface area (Å²) in [5, 5.41) is 1.83. The predicted molar refractivity (Wildman–Crippen MR) is 254 cm³/mol. The number of nitrogens with zero attached hydrogens (tertiary/aromatic N) is 4. The number of aromatic nitrogens is 3. The number of hydrogen-bond acceptors (Lipinski definition) is 5. The van der Waals surface area contributed by atoms with E-state index in [1.807, 2.05) is 91.0 Å². The minimum Gasteiger partial charge on any atom is -0.456 e. The van der Waals surface area contributed by atoms with Gasteiger partial charge in [-0.3, -0.25) is 0 Å². The standard InChI is InChI=1S/C57H37FN4O/c58-46-30-26-42(27-31-46)45-18-10-19-48(36-45)62(47-32-28-41(29-33-47)39-14-6-2-7-15-39)49-34-35-52-51(37-49)54-50(20-11-21-53(54)63-52)57-60-55(43-16-8-3-9-17-43)59-56(61-57)44-24-22-40(23-25-44)38-12-4-1-5-13-38/h1-37H. The minimum atomic E-state index is -0.266. The molecule has 0 unspecified atom stereocenters. The lowest BCUT2D eigenvalue weighted by atomic mass is 10.0. The molecule has 0 N–H and O–H groups in total. The molecule has 2 aromatic heterocycles. The maximum absolute atomic E-state index is 14.0. The minimum absolute atomic E-state index is 0.266. The van der Waals surface area contributed by atoms with Gasteiger partial charge in [0, 0.05) is 44.5 Å². The number of rotatable bonds is 9. The third-order valence-corrected chi connectivity index (χ3v) is 11.4. The largest absolute Gasteiger partial charge is 0.456 e. The normalized spacial score (nSPS) is 11.3. The Labute approximate surface area is 364 Å². The molecule has 0 radical (unpaired) electrons. The van der Waals surface area contributed by atoms with Crippen molar-refractivity contribution >= 4 is 39.0 Å². The third kappa shape index (κ3) is 7.40. The SMILES string of the molecule is Fc1ccc(-c2cccc(N(c3ccc(-c4ccccc4)cc3)c3ccc4oc5cccc(-c6nc(-c7ccccc7)nc(-c7ccc(-c8ccccc8)cc7)n6)c5c4c3)c2)cc1. The summed E-state index contributed by atoms with van der Waals surface area (Å²) >= 11 is 0. The van der Waals surface area contributed by atoms with Gasteiger partial charge in [-0.25, -0.2) is 19.3 Å². The Bertz CT molecular complexity index is 3370.